The smallest absolute Gasteiger partial charge is 0.478 e. The summed E-state index contributed by atoms with van der Waals surface area (Å²) in [5.41, 5.74) is -1.47. The highest BCUT2D eigenvalue weighted by molar-refractivity contribution is 6.56. The highest BCUT2D eigenvalue weighted by atomic mass is 19.1. The van der Waals surface area contributed by atoms with Gasteiger partial charge in [-0.3, -0.25) is 0 Å². The van der Waals surface area contributed by atoms with Crippen LogP contribution < -0.4 is 5.32 Å². The SMILES string of the molecule is CC1(C)OB(C(=Cc2c(F)cc(C(=O)O)cc2F)CNC(=O)OCc2ccccc2)OC1(C)C. The van der Waals surface area contributed by atoms with Crippen molar-refractivity contribution in [2.75, 3.05) is 6.54 Å². The molecule has 2 aromatic carbocycles. The Morgan fingerprint density at radius 2 is 1.62 bits per heavy atom. The van der Waals surface area contributed by atoms with E-state index in [1.807, 2.05) is 45.9 Å². The zero-order chi connectivity index (χ0) is 25.1. The van der Waals surface area contributed by atoms with E-state index in [9.17, 15) is 18.4 Å². The molecule has 0 aromatic heterocycles. The number of amides is 1. The zero-order valence-corrected chi connectivity index (χ0v) is 19.4. The third-order valence-electron chi connectivity index (χ3n) is 5.86. The molecule has 0 spiro atoms. The number of carboxylic acids is 1. The van der Waals surface area contributed by atoms with Crippen LogP contribution >= 0.6 is 0 Å². The van der Waals surface area contributed by atoms with E-state index in [0.29, 0.717) is 0 Å². The molecule has 3 rings (SSSR count). The van der Waals surface area contributed by atoms with Gasteiger partial charge in [0.15, 0.2) is 0 Å². The molecule has 1 heterocycles. The van der Waals surface area contributed by atoms with Crippen molar-refractivity contribution in [1.82, 2.24) is 5.32 Å². The fourth-order valence-corrected chi connectivity index (χ4v) is 3.18. The molecule has 2 aromatic rings. The molecule has 0 radical (unpaired) electrons. The summed E-state index contributed by atoms with van der Waals surface area (Å²) in [4.78, 5) is 23.3. The number of carbonyl (C=O) groups excluding carboxylic acids is 1. The molecule has 1 amide bonds. The van der Waals surface area contributed by atoms with Crippen LogP contribution in [0.4, 0.5) is 13.6 Å². The van der Waals surface area contributed by atoms with Gasteiger partial charge >= 0.3 is 19.2 Å². The summed E-state index contributed by atoms with van der Waals surface area (Å²) in [6.45, 7) is 7.11. The van der Waals surface area contributed by atoms with Crippen molar-refractivity contribution in [2.24, 2.45) is 0 Å². The number of carboxylic acid groups (broad SMARTS) is 1. The fraction of sp³-hybridized carbons (Fsp3) is 0.333. The van der Waals surface area contributed by atoms with Gasteiger partial charge in [-0.25, -0.2) is 18.4 Å². The van der Waals surface area contributed by atoms with Crippen LogP contribution in [0.2, 0.25) is 0 Å². The maximum Gasteiger partial charge on any atom is 0.492 e. The van der Waals surface area contributed by atoms with Crippen molar-refractivity contribution in [3.8, 4) is 0 Å². The number of halogens is 2. The molecule has 7 nitrogen and oxygen atoms in total. The Balaban J connectivity index is 1.83. The molecule has 34 heavy (non-hydrogen) atoms. The van der Waals surface area contributed by atoms with Gasteiger partial charge in [-0.15, -0.1) is 0 Å². The molecule has 1 aliphatic rings. The van der Waals surface area contributed by atoms with Crippen molar-refractivity contribution in [3.05, 3.63) is 76.3 Å². The first-order chi connectivity index (χ1) is 15.9. The molecule has 0 atom stereocenters. The van der Waals surface area contributed by atoms with Crippen LogP contribution in [0.25, 0.3) is 6.08 Å². The summed E-state index contributed by atoms with van der Waals surface area (Å²) in [6.07, 6.45) is 0.407. The second-order valence-electron chi connectivity index (χ2n) is 8.88. The predicted molar refractivity (Wildman–Crippen MR) is 122 cm³/mol. The third kappa shape index (κ3) is 5.81. The van der Waals surface area contributed by atoms with Crippen molar-refractivity contribution in [2.45, 2.75) is 45.5 Å². The number of alkyl carbamates (subject to hydrolysis) is 1. The number of nitrogens with one attached hydrogen (secondary N) is 1. The summed E-state index contributed by atoms with van der Waals surface area (Å²) in [5, 5.41) is 11.6. The minimum Gasteiger partial charge on any atom is -0.478 e. The molecule has 1 fully saturated rings. The van der Waals surface area contributed by atoms with E-state index in [0.717, 1.165) is 23.8 Å². The summed E-state index contributed by atoms with van der Waals surface area (Å²) in [6, 6.07) is 10.5. The van der Waals surface area contributed by atoms with E-state index in [2.05, 4.69) is 5.32 Å². The number of rotatable bonds is 7. The van der Waals surface area contributed by atoms with Crippen LogP contribution in [-0.4, -0.2) is 42.0 Å². The number of hydrogen-bond acceptors (Lipinski definition) is 5. The van der Waals surface area contributed by atoms with Gasteiger partial charge in [0.2, 0.25) is 0 Å². The standard InChI is InChI=1S/C24H26BF2NO6/c1-23(2)24(3,4)34-25(33-23)17(12-18-19(26)10-16(21(29)30)11-20(18)27)13-28-22(31)32-14-15-8-6-5-7-9-15/h5-12H,13-14H2,1-4H3,(H,28,31)(H,29,30). The van der Waals surface area contributed by atoms with Gasteiger partial charge < -0.3 is 24.5 Å². The predicted octanol–water partition coefficient (Wildman–Crippen LogP) is 4.60. The van der Waals surface area contributed by atoms with Gasteiger partial charge in [0.25, 0.3) is 0 Å². The fourth-order valence-electron chi connectivity index (χ4n) is 3.18. The van der Waals surface area contributed by atoms with Gasteiger partial charge in [0.05, 0.1) is 16.8 Å². The van der Waals surface area contributed by atoms with E-state index in [1.54, 1.807) is 12.1 Å². The number of ether oxygens (including phenoxy) is 1. The second kappa shape index (κ2) is 9.94. The number of hydrogen-bond donors (Lipinski definition) is 2. The Morgan fingerprint density at radius 3 is 2.15 bits per heavy atom. The molecular formula is C24H26BF2NO6. The quantitative estimate of drug-likeness (QED) is 0.571. The molecular weight excluding hydrogens is 447 g/mol. The summed E-state index contributed by atoms with van der Waals surface area (Å²) >= 11 is 0. The lowest BCUT2D eigenvalue weighted by Gasteiger charge is -2.32. The van der Waals surface area contributed by atoms with Gasteiger partial charge in [-0.2, -0.15) is 0 Å². The first kappa shape index (κ1) is 25.4. The molecule has 1 saturated heterocycles. The van der Waals surface area contributed by atoms with Crippen molar-refractivity contribution < 1.29 is 37.5 Å². The molecule has 0 unspecified atom stereocenters. The van der Waals surface area contributed by atoms with Crippen LogP contribution in [0, 0.1) is 11.6 Å². The molecule has 180 valence electrons. The van der Waals surface area contributed by atoms with Gasteiger partial charge in [0, 0.05) is 12.1 Å². The lowest BCUT2D eigenvalue weighted by atomic mass is 9.77. The van der Waals surface area contributed by atoms with Crippen molar-refractivity contribution in [1.29, 1.82) is 0 Å². The maximum absolute atomic E-state index is 14.6. The van der Waals surface area contributed by atoms with Crippen LogP contribution in [0.1, 0.15) is 49.2 Å². The number of carbonyl (C=O) groups is 2. The number of aromatic carboxylic acids is 1. The van der Waals surface area contributed by atoms with Gasteiger partial charge in [-0.05, 0) is 50.9 Å². The lowest BCUT2D eigenvalue weighted by Crippen LogP contribution is -2.41. The minimum atomic E-state index is -1.46. The third-order valence-corrected chi connectivity index (χ3v) is 5.86. The zero-order valence-electron chi connectivity index (χ0n) is 19.4. The van der Waals surface area contributed by atoms with E-state index in [-0.39, 0.29) is 18.6 Å². The largest absolute Gasteiger partial charge is 0.492 e. The number of benzene rings is 2. The molecule has 10 heteroatoms. The average molecular weight is 473 g/mol. The minimum absolute atomic E-state index is 0.0438. The maximum atomic E-state index is 14.6. The summed E-state index contributed by atoms with van der Waals surface area (Å²) in [7, 11) is -1.02. The van der Waals surface area contributed by atoms with E-state index < -0.39 is 53.1 Å². The van der Waals surface area contributed by atoms with Crippen molar-refractivity contribution >= 4 is 25.3 Å². The Labute approximate surface area is 196 Å². The monoisotopic (exact) mass is 473 g/mol. The van der Waals surface area contributed by atoms with Crippen LogP contribution in [-0.2, 0) is 20.7 Å². The van der Waals surface area contributed by atoms with Crippen LogP contribution in [0.5, 0.6) is 0 Å². The Morgan fingerprint density at radius 1 is 1.06 bits per heavy atom. The molecule has 0 bridgehead atoms. The van der Waals surface area contributed by atoms with Gasteiger partial charge in [0.1, 0.15) is 18.2 Å². The normalized spacial score (nSPS) is 16.9. The average Bonchev–Trinajstić information content (AvgIpc) is 2.98. The van der Waals surface area contributed by atoms with Gasteiger partial charge in [-0.1, -0.05) is 36.4 Å². The van der Waals surface area contributed by atoms with E-state index >= 15 is 0 Å². The van der Waals surface area contributed by atoms with Crippen LogP contribution in [0.3, 0.4) is 0 Å². The van der Waals surface area contributed by atoms with Crippen molar-refractivity contribution in [3.63, 3.8) is 0 Å². The second-order valence-corrected chi connectivity index (χ2v) is 8.88. The highest BCUT2D eigenvalue weighted by Crippen LogP contribution is 2.39. The van der Waals surface area contributed by atoms with E-state index in [4.69, 9.17) is 19.2 Å². The Bertz CT molecular complexity index is 1060. The first-order valence-corrected chi connectivity index (χ1v) is 10.6. The molecule has 0 aliphatic carbocycles. The molecule has 0 saturated carbocycles. The van der Waals surface area contributed by atoms with Crippen LogP contribution in [0.15, 0.2) is 47.9 Å². The topological polar surface area (TPSA) is 94.1 Å². The Hall–Kier alpha value is -3.24. The highest BCUT2D eigenvalue weighted by Gasteiger charge is 2.52. The van der Waals surface area contributed by atoms with E-state index in [1.165, 1.54) is 0 Å². The lowest BCUT2D eigenvalue weighted by molar-refractivity contribution is 0.00578. The Kier molecular flexibility index (Phi) is 7.43. The summed E-state index contributed by atoms with van der Waals surface area (Å²) in [5.74, 6) is -3.60. The first-order valence-electron chi connectivity index (χ1n) is 10.6. The molecule has 1 aliphatic heterocycles. The summed E-state index contributed by atoms with van der Waals surface area (Å²) < 4.78 is 46.3. The molecule has 2 N–H and O–H groups in total.